The van der Waals surface area contributed by atoms with Gasteiger partial charge in [0.15, 0.2) is 14.6 Å². The van der Waals surface area contributed by atoms with Crippen LogP contribution in [0.25, 0.3) is 0 Å². The van der Waals surface area contributed by atoms with Crippen LogP contribution in [0.5, 0.6) is 0 Å². The van der Waals surface area contributed by atoms with Crippen LogP contribution in [0.4, 0.5) is 13.2 Å². The third-order valence-corrected chi connectivity index (χ3v) is 10.3. The minimum absolute atomic E-state index is 0.0135. The van der Waals surface area contributed by atoms with E-state index in [1.165, 1.54) is 0 Å². The first-order chi connectivity index (χ1) is 11.2. The van der Waals surface area contributed by atoms with E-state index in [9.17, 15) is 21.6 Å². The smallest absolute Gasteiger partial charge is 0.374 e. The van der Waals surface area contributed by atoms with Crippen LogP contribution in [-0.2, 0) is 14.6 Å². The minimum atomic E-state index is -4.69. The molecule has 24 heavy (non-hydrogen) atoms. The Morgan fingerprint density at radius 1 is 1.21 bits per heavy atom. The Hall–Kier alpha value is -0.340. The normalized spacial score (nSPS) is 48.3. The molecular formula is C16H22F3NO3S. The van der Waals surface area contributed by atoms with Gasteiger partial charge in [-0.05, 0) is 38.0 Å². The van der Waals surface area contributed by atoms with Crippen molar-refractivity contribution in [3.8, 4) is 0 Å². The van der Waals surface area contributed by atoms with Gasteiger partial charge >= 0.3 is 6.18 Å². The predicted molar refractivity (Wildman–Crippen MR) is 80.2 cm³/mol. The molecule has 3 saturated heterocycles. The van der Waals surface area contributed by atoms with E-state index in [0.29, 0.717) is 12.5 Å². The van der Waals surface area contributed by atoms with Gasteiger partial charge in [-0.1, -0.05) is 0 Å². The molecular weight excluding hydrogens is 343 g/mol. The third-order valence-electron chi connectivity index (χ3n) is 7.73. The summed E-state index contributed by atoms with van der Waals surface area (Å²) in [5.74, 6) is -0.682. The molecule has 0 aromatic rings. The number of sulfone groups is 1. The number of hydrogen-bond acceptors (Lipinski definition) is 4. The van der Waals surface area contributed by atoms with Crippen molar-refractivity contribution in [3.63, 3.8) is 0 Å². The molecule has 0 N–H and O–H groups in total. The maximum Gasteiger partial charge on any atom is 0.409 e. The maximum atomic E-state index is 13.8. The highest BCUT2D eigenvalue weighted by Crippen LogP contribution is 2.71. The van der Waals surface area contributed by atoms with E-state index in [4.69, 9.17) is 4.74 Å². The van der Waals surface area contributed by atoms with Crippen LogP contribution in [0.1, 0.15) is 32.1 Å². The van der Waals surface area contributed by atoms with Crippen molar-refractivity contribution in [2.75, 3.05) is 32.0 Å². The van der Waals surface area contributed by atoms with E-state index in [1.807, 2.05) is 0 Å². The zero-order chi connectivity index (χ0) is 17.0. The Balaban J connectivity index is 1.43. The topological polar surface area (TPSA) is 46.6 Å². The van der Waals surface area contributed by atoms with Gasteiger partial charge in [-0.15, -0.1) is 0 Å². The second-order valence-corrected chi connectivity index (χ2v) is 10.9. The SMILES string of the molecule is O=S1(=O)CC[C@@H]2CN(C[C@]34C[C@H]3COC43CCC3)C[C@@]21C(F)(F)F. The van der Waals surface area contributed by atoms with Gasteiger partial charge in [0.05, 0.1) is 18.0 Å². The fourth-order valence-electron chi connectivity index (χ4n) is 6.20. The average Bonchev–Trinajstić information content (AvgIpc) is 2.76. The second-order valence-electron chi connectivity index (χ2n) is 8.58. The zero-order valence-corrected chi connectivity index (χ0v) is 14.3. The summed E-state index contributed by atoms with van der Waals surface area (Å²) in [4.78, 5) is 1.80. The quantitative estimate of drug-likeness (QED) is 0.751. The first-order valence-corrected chi connectivity index (χ1v) is 10.5. The summed E-state index contributed by atoms with van der Waals surface area (Å²) in [6.07, 6.45) is -0.399. The summed E-state index contributed by atoms with van der Waals surface area (Å²) in [6.45, 7) is 1.17. The molecule has 5 aliphatic rings. The molecule has 0 aromatic heterocycles. The Morgan fingerprint density at radius 2 is 1.96 bits per heavy atom. The Bertz CT molecular complexity index is 689. The van der Waals surface area contributed by atoms with Gasteiger partial charge in [0.25, 0.3) is 0 Å². The molecule has 4 atom stereocenters. The van der Waals surface area contributed by atoms with Gasteiger partial charge in [-0.2, -0.15) is 13.2 Å². The Kier molecular flexibility index (Phi) is 2.85. The Morgan fingerprint density at radius 3 is 2.50 bits per heavy atom. The number of fused-ring (bicyclic) bond motifs is 3. The van der Waals surface area contributed by atoms with Crippen molar-refractivity contribution in [2.24, 2.45) is 17.3 Å². The minimum Gasteiger partial charge on any atom is -0.374 e. The van der Waals surface area contributed by atoms with E-state index >= 15 is 0 Å². The number of likely N-dealkylation sites (tertiary alicyclic amines) is 1. The second kappa shape index (κ2) is 4.31. The molecule has 5 rings (SSSR count). The molecule has 1 spiro atoms. The van der Waals surface area contributed by atoms with Gasteiger partial charge in [0, 0.05) is 31.0 Å². The van der Waals surface area contributed by atoms with Gasteiger partial charge in [-0.25, -0.2) is 8.42 Å². The highest BCUT2D eigenvalue weighted by Gasteiger charge is 2.77. The summed E-state index contributed by atoms with van der Waals surface area (Å²) in [7, 11) is -4.13. The molecule has 8 heteroatoms. The molecule has 0 bridgehead atoms. The lowest BCUT2D eigenvalue weighted by molar-refractivity contribution is -0.165. The van der Waals surface area contributed by atoms with Crippen LogP contribution >= 0.6 is 0 Å². The van der Waals surface area contributed by atoms with Crippen LogP contribution in [0.2, 0.25) is 0 Å². The van der Waals surface area contributed by atoms with E-state index < -0.39 is 26.7 Å². The maximum absolute atomic E-state index is 13.8. The van der Waals surface area contributed by atoms with Crippen LogP contribution in [0.3, 0.4) is 0 Å². The summed E-state index contributed by atoms with van der Waals surface area (Å²) in [5.41, 5.74) is -0.139. The van der Waals surface area contributed by atoms with Crippen molar-refractivity contribution in [3.05, 3.63) is 0 Å². The van der Waals surface area contributed by atoms with Crippen molar-refractivity contribution in [1.82, 2.24) is 4.90 Å². The van der Waals surface area contributed by atoms with Gasteiger partial charge in [-0.3, -0.25) is 0 Å². The highest BCUT2D eigenvalue weighted by atomic mass is 32.2. The molecule has 5 fully saturated rings. The predicted octanol–water partition coefficient (Wildman–Crippen LogP) is 2.00. The van der Waals surface area contributed by atoms with Gasteiger partial charge in [0.1, 0.15) is 0 Å². The lowest BCUT2D eigenvalue weighted by Gasteiger charge is -2.46. The number of rotatable bonds is 2. The first-order valence-electron chi connectivity index (χ1n) is 8.81. The van der Waals surface area contributed by atoms with Crippen molar-refractivity contribution in [1.29, 1.82) is 0 Å². The molecule has 3 heterocycles. The zero-order valence-electron chi connectivity index (χ0n) is 13.4. The van der Waals surface area contributed by atoms with Gasteiger partial charge < -0.3 is 9.64 Å². The molecule has 2 aliphatic carbocycles. The van der Waals surface area contributed by atoms with Crippen LogP contribution in [0, 0.1) is 17.3 Å². The lowest BCUT2D eigenvalue weighted by atomic mass is 9.68. The van der Waals surface area contributed by atoms with Crippen LogP contribution in [0.15, 0.2) is 0 Å². The van der Waals surface area contributed by atoms with Crippen LogP contribution < -0.4 is 0 Å². The van der Waals surface area contributed by atoms with Crippen molar-refractivity contribution < 1.29 is 26.3 Å². The molecule has 4 nitrogen and oxygen atoms in total. The van der Waals surface area contributed by atoms with E-state index in [-0.39, 0.29) is 36.3 Å². The number of ether oxygens (including phenoxy) is 1. The largest absolute Gasteiger partial charge is 0.409 e. The molecule has 2 saturated carbocycles. The van der Waals surface area contributed by atoms with Crippen molar-refractivity contribution in [2.45, 2.75) is 48.6 Å². The van der Waals surface area contributed by atoms with E-state index in [2.05, 4.69) is 0 Å². The standard InChI is InChI=1S/C16H22F3NO3S/c17-16(18,19)15-10-20(7-11(15)2-5-24(15,21)22)9-13-6-12(13)8-23-14(13)3-1-4-14/h11-12H,1-10H2/t11-,12+,13-,15+/m1/s1. The molecule has 0 amide bonds. The molecule has 136 valence electrons. The number of hydrogen-bond donors (Lipinski definition) is 0. The molecule has 0 radical (unpaired) electrons. The molecule has 0 aromatic carbocycles. The van der Waals surface area contributed by atoms with E-state index in [1.54, 1.807) is 4.90 Å². The lowest BCUT2D eigenvalue weighted by Crippen LogP contribution is -2.55. The van der Waals surface area contributed by atoms with Crippen molar-refractivity contribution >= 4 is 9.84 Å². The summed E-state index contributed by atoms with van der Waals surface area (Å²) < 4.78 is 69.5. The third kappa shape index (κ3) is 1.62. The summed E-state index contributed by atoms with van der Waals surface area (Å²) in [5, 5.41) is 0. The number of nitrogens with zero attached hydrogens (tertiary/aromatic N) is 1. The summed E-state index contributed by atoms with van der Waals surface area (Å²) >= 11 is 0. The molecule has 3 aliphatic heterocycles. The summed E-state index contributed by atoms with van der Waals surface area (Å²) in [6, 6.07) is 0. The fourth-order valence-corrected chi connectivity index (χ4v) is 8.59. The average molecular weight is 365 g/mol. The van der Waals surface area contributed by atoms with Crippen LogP contribution in [-0.4, -0.2) is 61.8 Å². The fraction of sp³-hybridized carbons (Fsp3) is 1.00. The number of alkyl halides is 3. The van der Waals surface area contributed by atoms with Gasteiger partial charge in [0.2, 0.25) is 0 Å². The monoisotopic (exact) mass is 365 g/mol. The van der Waals surface area contributed by atoms with E-state index in [0.717, 1.165) is 32.3 Å². The first kappa shape index (κ1) is 15.9. The number of halogens is 3. The Labute approximate surface area is 139 Å². The highest BCUT2D eigenvalue weighted by molar-refractivity contribution is 7.93. The molecule has 0 unspecified atom stereocenters.